The largest absolute Gasteiger partial charge is 0.481 e. The molecular weight excluding hydrogens is 238 g/mol. The molecule has 0 aliphatic heterocycles. The van der Waals surface area contributed by atoms with Crippen molar-refractivity contribution in [2.75, 3.05) is 19.1 Å². The number of nitrogens with zero attached hydrogens (tertiary/aromatic N) is 3. The van der Waals surface area contributed by atoms with E-state index in [1.54, 1.807) is 13.3 Å². The molecule has 0 aliphatic carbocycles. The molecule has 0 N–H and O–H groups in total. The Balaban J connectivity index is 2.26. The monoisotopic (exact) mass is 253 g/mol. The van der Waals surface area contributed by atoms with E-state index in [0.717, 1.165) is 11.3 Å². The third-order valence-corrected chi connectivity index (χ3v) is 2.89. The molecule has 0 aliphatic rings. The van der Waals surface area contributed by atoms with Crippen LogP contribution < -0.4 is 9.64 Å². The SMILES string of the molecule is COc1ncccc1CN(C)c1ccccc1C#N. The molecule has 1 heterocycles. The van der Waals surface area contributed by atoms with Crippen LogP contribution in [0.5, 0.6) is 5.88 Å². The van der Waals surface area contributed by atoms with E-state index in [0.29, 0.717) is 18.0 Å². The minimum absolute atomic E-state index is 0.615. The summed E-state index contributed by atoms with van der Waals surface area (Å²) in [5.74, 6) is 0.615. The van der Waals surface area contributed by atoms with Gasteiger partial charge in [0.15, 0.2) is 0 Å². The summed E-state index contributed by atoms with van der Waals surface area (Å²) < 4.78 is 5.24. The lowest BCUT2D eigenvalue weighted by Gasteiger charge is -2.21. The molecule has 0 saturated carbocycles. The number of ether oxygens (including phenoxy) is 1. The van der Waals surface area contributed by atoms with Crippen LogP contribution in [-0.2, 0) is 6.54 Å². The molecule has 96 valence electrons. The van der Waals surface area contributed by atoms with E-state index in [1.165, 1.54) is 0 Å². The van der Waals surface area contributed by atoms with Gasteiger partial charge in [0.25, 0.3) is 0 Å². The molecule has 1 aromatic heterocycles. The Bertz CT molecular complexity index is 604. The highest BCUT2D eigenvalue weighted by Crippen LogP contribution is 2.22. The first kappa shape index (κ1) is 12.9. The van der Waals surface area contributed by atoms with Gasteiger partial charge >= 0.3 is 0 Å². The van der Waals surface area contributed by atoms with Gasteiger partial charge in [0, 0.05) is 25.4 Å². The smallest absolute Gasteiger partial charge is 0.218 e. The van der Waals surface area contributed by atoms with Gasteiger partial charge in [-0.1, -0.05) is 18.2 Å². The number of benzene rings is 1. The molecule has 0 bridgehead atoms. The quantitative estimate of drug-likeness (QED) is 0.840. The molecule has 0 atom stereocenters. The second kappa shape index (κ2) is 5.87. The summed E-state index contributed by atoms with van der Waals surface area (Å²) in [7, 11) is 3.55. The summed E-state index contributed by atoms with van der Waals surface area (Å²) in [6, 6.07) is 13.6. The zero-order chi connectivity index (χ0) is 13.7. The van der Waals surface area contributed by atoms with Crippen molar-refractivity contribution in [2.24, 2.45) is 0 Å². The van der Waals surface area contributed by atoms with Crippen LogP contribution in [0.2, 0.25) is 0 Å². The summed E-state index contributed by atoms with van der Waals surface area (Å²) >= 11 is 0. The van der Waals surface area contributed by atoms with Crippen LogP contribution >= 0.6 is 0 Å². The molecular formula is C15H15N3O. The van der Waals surface area contributed by atoms with Gasteiger partial charge < -0.3 is 9.64 Å². The summed E-state index contributed by atoms with van der Waals surface area (Å²) in [6.45, 7) is 0.635. The van der Waals surface area contributed by atoms with E-state index in [-0.39, 0.29) is 0 Å². The molecule has 0 unspecified atom stereocenters. The number of rotatable bonds is 4. The lowest BCUT2D eigenvalue weighted by molar-refractivity contribution is 0.392. The van der Waals surface area contributed by atoms with Crippen LogP contribution in [0.25, 0.3) is 0 Å². The molecule has 4 nitrogen and oxygen atoms in total. The van der Waals surface area contributed by atoms with Crippen LogP contribution in [0.3, 0.4) is 0 Å². The van der Waals surface area contributed by atoms with Crippen LogP contribution in [0.4, 0.5) is 5.69 Å². The van der Waals surface area contributed by atoms with Crippen LogP contribution in [0, 0.1) is 11.3 Å². The Labute approximate surface area is 112 Å². The maximum absolute atomic E-state index is 9.12. The fourth-order valence-corrected chi connectivity index (χ4v) is 1.97. The molecule has 0 fully saturated rings. The minimum Gasteiger partial charge on any atom is -0.481 e. The van der Waals surface area contributed by atoms with E-state index in [2.05, 4.69) is 11.1 Å². The van der Waals surface area contributed by atoms with Crippen molar-refractivity contribution in [1.82, 2.24) is 4.98 Å². The molecule has 0 amide bonds. The first-order valence-electron chi connectivity index (χ1n) is 5.94. The van der Waals surface area contributed by atoms with Crippen molar-refractivity contribution >= 4 is 5.69 Å². The standard InChI is InChI=1S/C15H15N3O/c1-18(14-8-4-3-6-12(14)10-16)11-13-7-5-9-17-15(13)19-2/h3-9H,11H2,1-2H3. The predicted molar refractivity (Wildman–Crippen MR) is 74.1 cm³/mol. The summed E-state index contributed by atoms with van der Waals surface area (Å²) in [5.41, 5.74) is 2.55. The Morgan fingerprint density at radius 3 is 2.79 bits per heavy atom. The minimum atomic E-state index is 0.615. The second-order valence-corrected chi connectivity index (χ2v) is 4.16. The Hall–Kier alpha value is -2.54. The van der Waals surface area contributed by atoms with Crippen LogP contribution in [0.15, 0.2) is 42.6 Å². The van der Waals surface area contributed by atoms with Crippen molar-refractivity contribution in [3.05, 3.63) is 53.7 Å². The molecule has 19 heavy (non-hydrogen) atoms. The van der Waals surface area contributed by atoms with Gasteiger partial charge in [0.2, 0.25) is 5.88 Å². The number of methoxy groups -OCH3 is 1. The van der Waals surface area contributed by atoms with E-state index in [9.17, 15) is 0 Å². The summed E-state index contributed by atoms with van der Waals surface area (Å²) in [6.07, 6.45) is 1.70. The average molecular weight is 253 g/mol. The van der Waals surface area contributed by atoms with Crippen LogP contribution in [0.1, 0.15) is 11.1 Å². The Morgan fingerprint density at radius 1 is 1.26 bits per heavy atom. The molecule has 2 aromatic rings. The number of para-hydroxylation sites is 1. The third kappa shape index (κ3) is 2.83. The number of anilines is 1. The normalized spacial score (nSPS) is 9.74. The number of hydrogen-bond donors (Lipinski definition) is 0. The fourth-order valence-electron chi connectivity index (χ4n) is 1.97. The number of hydrogen-bond acceptors (Lipinski definition) is 4. The van der Waals surface area contributed by atoms with Gasteiger partial charge in [-0.25, -0.2) is 4.98 Å². The molecule has 0 spiro atoms. The fraction of sp³-hybridized carbons (Fsp3) is 0.200. The highest BCUT2D eigenvalue weighted by atomic mass is 16.5. The third-order valence-electron chi connectivity index (χ3n) is 2.89. The van der Waals surface area contributed by atoms with Crippen molar-refractivity contribution < 1.29 is 4.74 Å². The van der Waals surface area contributed by atoms with Crippen molar-refractivity contribution in [2.45, 2.75) is 6.54 Å². The van der Waals surface area contributed by atoms with E-state index < -0.39 is 0 Å². The summed E-state index contributed by atoms with van der Waals surface area (Å²) in [5, 5.41) is 9.12. The maximum Gasteiger partial charge on any atom is 0.218 e. The van der Waals surface area contributed by atoms with Gasteiger partial charge in [-0.3, -0.25) is 0 Å². The Kier molecular flexibility index (Phi) is 3.99. The second-order valence-electron chi connectivity index (χ2n) is 4.16. The first-order chi connectivity index (χ1) is 9.26. The topological polar surface area (TPSA) is 49.1 Å². The predicted octanol–water partition coefficient (Wildman–Crippen LogP) is 2.60. The summed E-state index contributed by atoms with van der Waals surface area (Å²) in [4.78, 5) is 6.18. The Morgan fingerprint density at radius 2 is 2.05 bits per heavy atom. The lowest BCUT2D eigenvalue weighted by atomic mass is 10.1. The molecule has 0 radical (unpaired) electrons. The van der Waals surface area contributed by atoms with Crippen molar-refractivity contribution in [3.63, 3.8) is 0 Å². The van der Waals surface area contributed by atoms with E-state index in [4.69, 9.17) is 10.00 Å². The van der Waals surface area contributed by atoms with Crippen molar-refractivity contribution in [1.29, 1.82) is 5.26 Å². The maximum atomic E-state index is 9.12. The molecule has 4 heteroatoms. The molecule has 1 aromatic carbocycles. The van der Waals surface area contributed by atoms with Crippen LogP contribution in [-0.4, -0.2) is 19.1 Å². The van der Waals surface area contributed by atoms with Gasteiger partial charge in [-0.15, -0.1) is 0 Å². The zero-order valence-electron chi connectivity index (χ0n) is 11.0. The van der Waals surface area contributed by atoms with Gasteiger partial charge in [-0.05, 0) is 18.2 Å². The first-order valence-corrected chi connectivity index (χ1v) is 5.94. The number of aromatic nitrogens is 1. The number of pyridine rings is 1. The highest BCUT2D eigenvalue weighted by molar-refractivity contribution is 5.59. The lowest BCUT2D eigenvalue weighted by Crippen LogP contribution is -2.18. The number of nitriles is 1. The molecule has 0 saturated heterocycles. The van der Waals surface area contributed by atoms with E-state index >= 15 is 0 Å². The zero-order valence-corrected chi connectivity index (χ0v) is 11.0. The van der Waals surface area contributed by atoms with Gasteiger partial charge in [-0.2, -0.15) is 5.26 Å². The van der Waals surface area contributed by atoms with Gasteiger partial charge in [0.05, 0.1) is 18.4 Å². The van der Waals surface area contributed by atoms with Gasteiger partial charge in [0.1, 0.15) is 6.07 Å². The highest BCUT2D eigenvalue weighted by Gasteiger charge is 2.10. The molecule has 2 rings (SSSR count). The van der Waals surface area contributed by atoms with E-state index in [1.807, 2.05) is 48.3 Å². The average Bonchev–Trinajstić information content (AvgIpc) is 2.47. The van der Waals surface area contributed by atoms with Crippen molar-refractivity contribution in [3.8, 4) is 11.9 Å².